The summed E-state index contributed by atoms with van der Waals surface area (Å²) in [5.41, 5.74) is 14.5. The van der Waals surface area contributed by atoms with Crippen molar-refractivity contribution in [1.82, 2.24) is 0 Å². The van der Waals surface area contributed by atoms with Crippen molar-refractivity contribution in [1.29, 1.82) is 0 Å². The van der Waals surface area contributed by atoms with Crippen LogP contribution in [0.4, 0.5) is 0 Å². The van der Waals surface area contributed by atoms with Crippen molar-refractivity contribution in [2.45, 2.75) is 307 Å². The molecule has 0 heterocycles. The topological polar surface area (TPSA) is 0 Å². The van der Waals surface area contributed by atoms with Gasteiger partial charge in [-0.2, -0.15) is 0 Å². The Morgan fingerprint density at radius 2 is 0.467 bits per heavy atom. The maximum absolute atomic E-state index is 4.93. The summed E-state index contributed by atoms with van der Waals surface area (Å²) in [6.45, 7) is 61.6. The van der Waals surface area contributed by atoms with Crippen LogP contribution in [0.15, 0.2) is 243 Å². The van der Waals surface area contributed by atoms with Crippen LogP contribution in [0, 0.1) is 194 Å². The van der Waals surface area contributed by atoms with E-state index in [1.165, 1.54) is 147 Å². The molecule has 0 aromatic heterocycles. The zero-order valence-corrected chi connectivity index (χ0v) is 109. The predicted molar refractivity (Wildman–Crippen MR) is 616 cm³/mol. The van der Waals surface area contributed by atoms with E-state index >= 15 is 0 Å². The van der Waals surface area contributed by atoms with Crippen LogP contribution in [-0.2, 0) is 83.4 Å². The van der Waals surface area contributed by atoms with Gasteiger partial charge in [-0.05, 0) is 280 Å². The summed E-state index contributed by atoms with van der Waals surface area (Å²) >= 11 is -3.30. The van der Waals surface area contributed by atoms with E-state index in [2.05, 4.69) is 342 Å². The van der Waals surface area contributed by atoms with Crippen LogP contribution >= 0.6 is 68.1 Å². The zero-order valence-electron chi connectivity index (χ0n) is 89.5. The summed E-state index contributed by atoms with van der Waals surface area (Å²) in [5, 5.41) is 0. The van der Waals surface area contributed by atoms with Gasteiger partial charge < -0.3 is 59.4 Å². The zero-order chi connectivity index (χ0) is 93.0. The maximum atomic E-state index is 4.93. The molecular weight excluding hydrogens is 2190 g/mol. The summed E-state index contributed by atoms with van der Waals surface area (Å²) in [4.78, 5) is 0. The van der Waals surface area contributed by atoms with E-state index in [-0.39, 0.29) is 75.7 Å². The molecule has 8 fully saturated rings. The van der Waals surface area contributed by atoms with Crippen LogP contribution in [0.1, 0.15) is 210 Å². The number of hydrogen-bond acceptors (Lipinski definition) is 0. The molecule has 0 nitrogen and oxygen atoms in total. The third-order valence-corrected chi connectivity index (χ3v) is 55.9. The second-order valence-corrected chi connectivity index (χ2v) is 82.1. The molecule has 0 aromatic carbocycles. The van der Waals surface area contributed by atoms with E-state index in [4.69, 9.17) is 68.1 Å². The van der Waals surface area contributed by atoms with Crippen molar-refractivity contribution in [3.05, 3.63) is 302 Å². The summed E-state index contributed by atoms with van der Waals surface area (Å²) in [7, 11) is 33.9. The Morgan fingerprint density at radius 1 is 0.274 bits per heavy atom. The Morgan fingerprint density at radius 3 is 0.689 bits per heavy atom. The first kappa shape index (κ1) is 135. The van der Waals surface area contributed by atoms with Gasteiger partial charge in [0, 0.05) is 0 Å². The first-order chi connectivity index (χ1) is 60.4. The number of halogens is 8. The van der Waals surface area contributed by atoms with E-state index in [1.54, 1.807) is 16.7 Å². The molecule has 0 bridgehead atoms. The third kappa shape index (κ3) is 34.3. The average molecular weight is 2380 g/mol. The van der Waals surface area contributed by atoms with Gasteiger partial charge in [0.25, 0.3) is 0 Å². The summed E-state index contributed by atoms with van der Waals surface area (Å²) in [6.07, 6.45) is 109. The molecule has 16 aliphatic carbocycles. The van der Waals surface area contributed by atoms with Crippen LogP contribution in [0.2, 0.25) is 96.7 Å². The molecule has 0 radical (unpaired) electrons. The summed E-state index contributed by atoms with van der Waals surface area (Å²) < 4.78 is 0. The number of allylic oxidation sites excluding steroid dienone is 36. The fourth-order valence-corrected chi connectivity index (χ4v) is 49.0. The SMILES string of the molecule is C=CCCC1CCC([Si](C)(C)C2C3C=C(C)C=CC3C3C=CC(C(C)(C)C)=CC32)C1.C=CCCC1CCC([Si](C)(C)C2C3C=CC=CC3C3C=CC=CC32)C1.C=CCCCC1CCC([Si](C)(C)C2C3C=C(C(C)(C)C)C=CC3C3C=CC(C(C)(C)C)=CC32)C1.C=CCCCC1CCC([Si](C)(C)C2C3C=CC=CC3C3C=CC=CC32)C1.[CH3-].[CH3-].[CH3-].[CH3-].[CH3-].[CH3-].[CH3-].[CH3-].[Cl][Zr+2][Cl].[Cl][Zr+2][Cl].[Cl][Zr+2][Cl].[Cl][Zr+2][Cl]. The van der Waals surface area contributed by atoms with E-state index in [1.807, 2.05) is 0 Å². The summed E-state index contributed by atoms with van der Waals surface area (Å²) in [5.74, 6) is 15.7. The van der Waals surface area contributed by atoms with Crippen LogP contribution < -0.4 is 0 Å². The van der Waals surface area contributed by atoms with Crippen molar-refractivity contribution >= 4 is 100 Å². The molecule has 0 saturated heterocycles. The predicted octanol–water partition coefficient (Wildman–Crippen LogP) is 42.3. The van der Waals surface area contributed by atoms with Crippen LogP contribution in [0.3, 0.4) is 0 Å². The Labute approximate surface area is 916 Å². The molecular formula is C119H190Cl8Si4Zr4. The fourth-order valence-electron chi connectivity index (χ4n) is 28.9. The minimum absolute atomic E-state index is 0. The average Bonchev–Trinajstić information content (AvgIpc) is 1.57. The molecule has 16 heteroatoms. The van der Waals surface area contributed by atoms with E-state index in [0.717, 1.165) is 139 Å². The molecule has 0 N–H and O–H groups in total. The Balaban J connectivity index is 0.000000852. The molecule has 25 atom stereocenters. The van der Waals surface area contributed by atoms with Gasteiger partial charge in [0.05, 0.1) is 32.3 Å². The first-order valence-corrected chi connectivity index (χ1v) is 87.6. The molecule has 25 unspecified atom stereocenters. The first-order valence-electron chi connectivity index (χ1n) is 49.6. The summed E-state index contributed by atoms with van der Waals surface area (Å²) in [6, 6.07) is 0. The Bertz CT molecular complexity index is 3940. The van der Waals surface area contributed by atoms with Crippen LogP contribution in [0.25, 0.3) is 0 Å². The van der Waals surface area contributed by atoms with Crippen molar-refractivity contribution in [2.75, 3.05) is 0 Å². The molecule has 135 heavy (non-hydrogen) atoms. The second kappa shape index (κ2) is 62.9. The van der Waals surface area contributed by atoms with E-state index in [0.29, 0.717) is 23.7 Å². The number of hydrogen-bond donors (Lipinski definition) is 0. The van der Waals surface area contributed by atoms with E-state index < -0.39 is 116 Å². The van der Waals surface area contributed by atoms with Crippen molar-refractivity contribution in [3.8, 4) is 0 Å². The molecule has 0 spiro atoms. The van der Waals surface area contributed by atoms with Gasteiger partial charge in [0.2, 0.25) is 0 Å². The van der Waals surface area contributed by atoms with Gasteiger partial charge in [0.15, 0.2) is 0 Å². The molecule has 0 amide bonds. The van der Waals surface area contributed by atoms with Gasteiger partial charge in [-0.1, -0.05) is 379 Å². The fraction of sp³-hybridized carbons (Fsp3) is 0.597. The minimum atomic E-state index is -1.50. The molecule has 16 rings (SSSR count). The van der Waals surface area contributed by atoms with Gasteiger partial charge >= 0.3 is 151 Å². The van der Waals surface area contributed by atoms with E-state index in [9.17, 15) is 0 Å². The molecule has 8 saturated carbocycles. The van der Waals surface area contributed by atoms with Gasteiger partial charge in [-0.3, -0.25) is 0 Å². The Kier molecular flexibility index (Phi) is 62.6. The molecule has 754 valence electrons. The number of fused-ring (bicyclic) bond motifs is 12. The Hall–Kier alpha value is 1.52. The molecule has 16 aliphatic rings. The van der Waals surface area contributed by atoms with Crippen molar-refractivity contribution in [2.24, 2.45) is 135 Å². The second-order valence-electron chi connectivity index (χ2n) is 46.6. The van der Waals surface area contributed by atoms with Gasteiger partial charge in [0.1, 0.15) is 0 Å². The number of unbranched alkanes of at least 4 members (excludes halogenated alkanes) is 2. The van der Waals surface area contributed by atoms with Crippen molar-refractivity contribution in [3.63, 3.8) is 0 Å². The third-order valence-electron chi connectivity index (χ3n) is 35.4. The van der Waals surface area contributed by atoms with Crippen molar-refractivity contribution < 1.29 is 83.4 Å². The van der Waals surface area contributed by atoms with Gasteiger partial charge in [-0.25, -0.2) is 0 Å². The molecule has 0 aromatic rings. The normalized spacial score (nSPS) is 33.3. The quantitative estimate of drug-likeness (QED) is 0.0439. The molecule has 0 aliphatic heterocycles. The monoisotopic (exact) mass is 2370 g/mol. The van der Waals surface area contributed by atoms with Gasteiger partial charge in [-0.15, -0.1) is 26.3 Å². The van der Waals surface area contributed by atoms with Crippen LogP contribution in [-0.4, -0.2) is 32.3 Å². The standard InChI is InChI=1S/C33H52Si.C29H44Si.C25H36Si.C24H34Si.8CH3.8ClH.4Zr/c1-10-11-12-13-23-14-17-26(20-23)34(8,9)31-29-21-24(32(2,3)4)15-18-27(29)28-19-16-25(22-30(28)31)33(5,6)7;1-8-9-10-21-12-14-23(18-21)30(6,7)28-26-17-20(2)11-15-24(26)25-16-13-22(19-27(25)28)29(3,4)5;1-4-5-6-11-19-16-17-20(18-19)26(2,3)25-23-14-9-7-12-21(23)22-13-8-10-15-24(22)25;1-4-5-10-18-15-16-19(17-18)25(2,3)24-22-13-8-6-11-20(22)21-12-7-9-14-23(21)24;;;;;;;;;;;;;;;;;;;;/h10,15-16,18-19,21-23,26-31H,1,11-14,17,20H2,2-9H3;8,11,13,15-17,19,21,23-28H,1,9-10,12,14,18H2,2-7H3;4,7-10,12-15,19-25H,1,5-6,11,16-18H2,2-3H3;4,6-9,11-14,18-24H,1,5,10,15-17H2,2-3H3;8*1H3;8*1H;;;;/q;;;;8*-1;;;;;;;;;4*+4/p-8. The van der Waals surface area contributed by atoms with Crippen LogP contribution in [0.5, 0.6) is 0 Å². The number of rotatable bonds is 22.